The highest BCUT2D eigenvalue weighted by atomic mass is 28.4. The third-order valence-corrected chi connectivity index (χ3v) is 10.4. The molecule has 0 spiro atoms. The monoisotopic (exact) mass is 369 g/mol. The van der Waals surface area contributed by atoms with Gasteiger partial charge in [-0.15, -0.1) is 0 Å². The Morgan fingerprint density at radius 2 is 1.69 bits per heavy atom. The Hall–Kier alpha value is -1.72. The minimum atomic E-state index is -1.77. The van der Waals surface area contributed by atoms with Gasteiger partial charge in [0.25, 0.3) is 0 Å². The van der Waals surface area contributed by atoms with Gasteiger partial charge in [-0.3, -0.25) is 0 Å². The Morgan fingerprint density at radius 1 is 1.04 bits per heavy atom. The molecule has 2 aromatic rings. The molecule has 0 N–H and O–H groups in total. The van der Waals surface area contributed by atoms with Crippen LogP contribution in [0, 0.1) is 0 Å². The van der Waals surface area contributed by atoms with Crippen LogP contribution in [-0.2, 0) is 4.43 Å². The normalized spacial score (nSPS) is 21.2. The molecule has 140 valence electrons. The predicted octanol–water partition coefficient (Wildman–Crippen LogP) is 5.21. The molecule has 3 rings (SSSR count). The second-order valence-electron chi connectivity index (χ2n) is 8.69. The topological polar surface area (TPSA) is 38.2 Å². The summed E-state index contributed by atoms with van der Waals surface area (Å²) in [6, 6.07) is 13.2. The van der Waals surface area contributed by atoms with E-state index in [0.29, 0.717) is 12.1 Å². The number of hydrogen-bond acceptors (Lipinski definition) is 4. The average molecular weight is 370 g/mol. The van der Waals surface area contributed by atoms with Crippen LogP contribution in [0.3, 0.4) is 0 Å². The van der Waals surface area contributed by atoms with Crippen LogP contribution in [0.5, 0.6) is 0 Å². The molecule has 0 bridgehead atoms. The predicted molar refractivity (Wildman–Crippen MR) is 110 cm³/mol. The molecule has 0 radical (unpaired) electrons. The Labute approximate surface area is 158 Å². The molecule has 1 aliphatic heterocycles. The summed E-state index contributed by atoms with van der Waals surface area (Å²) in [5.41, 5.74) is 1.33. The first-order chi connectivity index (χ1) is 12.3. The summed E-state index contributed by atoms with van der Waals surface area (Å²) in [7, 11) is -1.77. The first-order valence-electron chi connectivity index (χ1n) is 9.54. The Kier molecular flexibility index (Phi) is 5.49. The van der Waals surface area contributed by atoms with Crippen molar-refractivity contribution in [3.63, 3.8) is 0 Å². The van der Waals surface area contributed by atoms with E-state index in [1.807, 2.05) is 18.5 Å². The fourth-order valence-electron chi connectivity index (χ4n) is 3.30. The summed E-state index contributed by atoms with van der Waals surface area (Å²) in [5.74, 6) is 0.808. The number of nitrogens with zero attached hydrogens (tertiary/aromatic N) is 3. The van der Waals surface area contributed by atoms with Crippen LogP contribution in [0.1, 0.15) is 45.2 Å². The molecule has 2 atom stereocenters. The SMILES string of the molecule is CC(C)(C)[Si](C)(C)OCC1CCC(c2ccccc2)N1c1ncccn1. The van der Waals surface area contributed by atoms with Gasteiger partial charge in [-0.05, 0) is 42.6 Å². The number of anilines is 1. The van der Waals surface area contributed by atoms with Crippen molar-refractivity contribution < 1.29 is 4.43 Å². The van der Waals surface area contributed by atoms with Gasteiger partial charge in [0.15, 0.2) is 8.32 Å². The molecule has 1 aliphatic rings. The second-order valence-corrected chi connectivity index (χ2v) is 13.5. The number of aromatic nitrogens is 2. The molecule has 1 aromatic heterocycles. The van der Waals surface area contributed by atoms with Crippen LogP contribution in [0.15, 0.2) is 48.8 Å². The highest BCUT2D eigenvalue weighted by molar-refractivity contribution is 6.74. The molecular formula is C21H31N3OSi. The quantitative estimate of drug-likeness (QED) is 0.678. The van der Waals surface area contributed by atoms with Gasteiger partial charge in [-0.1, -0.05) is 51.1 Å². The number of benzene rings is 1. The summed E-state index contributed by atoms with van der Waals surface area (Å²) < 4.78 is 6.56. The van der Waals surface area contributed by atoms with Crippen LogP contribution in [0.2, 0.25) is 18.1 Å². The van der Waals surface area contributed by atoms with Crippen molar-refractivity contribution in [2.45, 2.75) is 63.8 Å². The van der Waals surface area contributed by atoms with Crippen molar-refractivity contribution in [2.75, 3.05) is 11.5 Å². The van der Waals surface area contributed by atoms with Crippen molar-refractivity contribution in [3.05, 3.63) is 54.4 Å². The molecule has 26 heavy (non-hydrogen) atoms. The number of hydrogen-bond donors (Lipinski definition) is 0. The molecule has 1 aromatic carbocycles. The first-order valence-corrected chi connectivity index (χ1v) is 12.4. The zero-order valence-corrected chi connectivity index (χ0v) is 17.6. The zero-order valence-electron chi connectivity index (χ0n) is 16.6. The van der Waals surface area contributed by atoms with Gasteiger partial charge in [0.2, 0.25) is 5.95 Å². The van der Waals surface area contributed by atoms with Gasteiger partial charge in [0.05, 0.1) is 18.7 Å². The fourth-order valence-corrected chi connectivity index (χ4v) is 4.34. The van der Waals surface area contributed by atoms with E-state index in [1.54, 1.807) is 0 Å². The highest BCUT2D eigenvalue weighted by Crippen LogP contribution is 2.41. The average Bonchev–Trinajstić information content (AvgIpc) is 3.04. The van der Waals surface area contributed by atoms with E-state index in [9.17, 15) is 0 Å². The van der Waals surface area contributed by atoms with Crippen LogP contribution in [-0.4, -0.2) is 30.9 Å². The van der Waals surface area contributed by atoms with Gasteiger partial charge in [0, 0.05) is 12.4 Å². The van der Waals surface area contributed by atoms with Crippen molar-refractivity contribution in [2.24, 2.45) is 0 Å². The lowest BCUT2D eigenvalue weighted by molar-refractivity contribution is 0.261. The van der Waals surface area contributed by atoms with Crippen molar-refractivity contribution >= 4 is 14.3 Å². The van der Waals surface area contributed by atoms with E-state index in [1.165, 1.54) is 5.56 Å². The van der Waals surface area contributed by atoms with Gasteiger partial charge < -0.3 is 9.33 Å². The van der Waals surface area contributed by atoms with Crippen molar-refractivity contribution in [1.82, 2.24) is 9.97 Å². The van der Waals surface area contributed by atoms with Crippen LogP contribution in [0.25, 0.3) is 0 Å². The van der Waals surface area contributed by atoms with E-state index >= 15 is 0 Å². The second kappa shape index (κ2) is 7.49. The lowest BCUT2D eigenvalue weighted by Crippen LogP contribution is -2.45. The van der Waals surface area contributed by atoms with Gasteiger partial charge in [-0.25, -0.2) is 9.97 Å². The molecular weight excluding hydrogens is 338 g/mol. The fraction of sp³-hybridized carbons (Fsp3) is 0.524. The molecule has 2 heterocycles. The maximum Gasteiger partial charge on any atom is 0.226 e. The Bertz CT molecular complexity index is 700. The van der Waals surface area contributed by atoms with E-state index in [-0.39, 0.29) is 5.04 Å². The van der Waals surface area contributed by atoms with Crippen molar-refractivity contribution in [3.8, 4) is 0 Å². The van der Waals surface area contributed by atoms with E-state index in [2.05, 4.69) is 79.1 Å². The van der Waals surface area contributed by atoms with Crippen LogP contribution < -0.4 is 4.90 Å². The van der Waals surface area contributed by atoms with E-state index < -0.39 is 8.32 Å². The minimum Gasteiger partial charge on any atom is -0.415 e. The van der Waals surface area contributed by atoms with E-state index in [4.69, 9.17) is 4.43 Å². The van der Waals surface area contributed by atoms with Gasteiger partial charge in [-0.2, -0.15) is 0 Å². The Morgan fingerprint density at radius 3 is 2.31 bits per heavy atom. The zero-order chi connectivity index (χ0) is 18.8. The summed E-state index contributed by atoms with van der Waals surface area (Å²) in [5, 5.41) is 0.221. The highest BCUT2D eigenvalue weighted by Gasteiger charge is 2.41. The Balaban J connectivity index is 1.83. The molecule has 1 saturated heterocycles. The molecule has 1 fully saturated rings. The van der Waals surface area contributed by atoms with Crippen molar-refractivity contribution in [1.29, 1.82) is 0 Å². The third-order valence-electron chi connectivity index (χ3n) is 5.91. The maximum absolute atomic E-state index is 6.56. The van der Waals surface area contributed by atoms with Gasteiger partial charge >= 0.3 is 0 Å². The van der Waals surface area contributed by atoms with Crippen LogP contribution >= 0.6 is 0 Å². The molecule has 0 aliphatic carbocycles. The first kappa shape index (κ1) is 19.0. The maximum atomic E-state index is 6.56. The molecule has 0 amide bonds. The lowest BCUT2D eigenvalue weighted by atomic mass is 10.1. The molecule has 2 unspecified atom stereocenters. The summed E-state index contributed by atoms with van der Waals surface area (Å²) in [4.78, 5) is 11.5. The largest absolute Gasteiger partial charge is 0.415 e. The molecule has 5 heteroatoms. The molecule has 4 nitrogen and oxygen atoms in total. The third kappa shape index (κ3) is 3.99. The summed E-state index contributed by atoms with van der Waals surface area (Å²) in [6.07, 6.45) is 5.86. The molecule has 0 saturated carbocycles. The summed E-state index contributed by atoms with van der Waals surface area (Å²) >= 11 is 0. The smallest absolute Gasteiger partial charge is 0.226 e. The summed E-state index contributed by atoms with van der Waals surface area (Å²) in [6.45, 7) is 12.3. The standard InChI is InChI=1S/C21H31N3OSi/c1-21(2,3)26(4,5)25-16-18-12-13-19(17-10-7-6-8-11-17)24(18)20-22-14-9-15-23-20/h6-11,14-15,18-19H,12-13,16H2,1-5H3. The van der Waals surface area contributed by atoms with Gasteiger partial charge in [0.1, 0.15) is 0 Å². The van der Waals surface area contributed by atoms with E-state index in [0.717, 1.165) is 25.4 Å². The minimum absolute atomic E-state index is 0.221. The van der Waals surface area contributed by atoms with Crippen LogP contribution in [0.4, 0.5) is 5.95 Å². The lowest BCUT2D eigenvalue weighted by Gasteiger charge is -2.38. The number of rotatable bonds is 5.